The van der Waals surface area contributed by atoms with Crippen molar-refractivity contribution < 1.29 is 9.63 Å². The minimum absolute atomic E-state index is 0.144. The lowest BCUT2D eigenvalue weighted by Crippen LogP contribution is -2.27. The highest BCUT2D eigenvalue weighted by molar-refractivity contribution is 7.08. The molecular formula is C12H17N3O2S. The van der Waals surface area contributed by atoms with Gasteiger partial charge in [0.2, 0.25) is 11.7 Å². The Bertz CT molecular complexity index is 450. The van der Waals surface area contributed by atoms with Crippen molar-refractivity contribution in [3.05, 3.63) is 22.7 Å². The van der Waals surface area contributed by atoms with Crippen molar-refractivity contribution in [3.8, 4) is 11.4 Å². The van der Waals surface area contributed by atoms with Crippen LogP contribution in [-0.4, -0.2) is 39.8 Å². The molecule has 2 aromatic rings. The van der Waals surface area contributed by atoms with Gasteiger partial charge in [0.15, 0.2) is 0 Å². The van der Waals surface area contributed by atoms with Gasteiger partial charge in [0.25, 0.3) is 0 Å². The summed E-state index contributed by atoms with van der Waals surface area (Å²) >= 11 is 1.61. The van der Waals surface area contributed by atoms with E-state index < -0.39 is 0 Å². The Morgan fingerprint density at radius 1 is 1.44 bits per heavy atom. The van der Waals surface area contributed by atoms with E-state index in [1.165, 1.54) is 0 Å². The van der Waals surface area contributed by atoms with E-state index in [4.69, 9.17) is 9.63 Å². The van der Waals surface area contributed by atoms with Gasteiger partial charge in [-0.25, -0.2) is 0 Å². The summed E-state index contributed by atoms with van der Waals surface area (Å²) in [6.45, 7) is 4.38. The van der Waals surface area contributed by atoms with Crippen LogP contribution in [0.2, 0.25) is 0 Å². The molecule has 18 heavy (non-hydrogen) atoms. The van der Waals surface area contributed by atoms with E-state index in [1.807, 2.05) is 16.8 Å². The van der Waals surface area contributed by atoms with E-state index in [0.29, 0.717) is 24.8 Å². The fourth-order valence-corrected chi connectivity index (χ4v) is 2.38. The Morgan fingerprint density at radius 2 is 2.33 bits per heavy atom. The monoisotopic (exact) mass is 267 g/mol. The highest BCUT2D eigenvalue weighted by atomic mass is 32.1. The number of nitrogens with zero attached hydrogens (tertiary/aromatic N) is 3. The van der Waals surface area contributed by atoms with Gasteiger partial charge in [0.05, 0.1) is 13.2 Å². The van der Waals surface area contributed by atoms with Gasteiger partial charge in [0, 0.05) is 17.5 Å². The first kappa shape index (κ1) is 13.2. The summed E-state index contributed by atoms with van der Waals surface area (Å²) in [5.74, 6) is 1.23. The second-order valence-corrected chi connectivity index (χ2v) is 4.80. The molecule has 0 aliphatic heterocycles. The van der Waals surface area contributed by atoms with Crippen molar-refractivity contribution in [3.63, 3.8) is 0 Å². The van der Waals surface area contributed by atoms with E-state index in [-0.39, 0.29) is 6.61 Å². The SMILES string of the molecule is CCCN(CCO)Cc1nc(-c2ccsc2)no1. The van der Waals surface area contributed by atoms with Gasteiger partial charge in [-0.05, 0) is 24.4 Å². The molecule has 1 N–H and O–H groups in total. The molecule has 0 atom stereocenters. The van der Waals surface area contributed by atoms with Gasteiger partial charge >= 0.3 is 0 Å². The first-order chi connectivity index (χ1) is 8.83. The molecule has 6 heteroatoms. The Balaban J connectivity index is 2.01. The molecule has 0 unspecified atom stereocenters. The molecule has 0 saturated carbocycles. The number of rotatable bonds is 7. The minimum Gasteiger partial charge on any atom is -0.395 e. The second-order valence-electron chi connectivity index (χ2n) is 4.02. The normalized spacial score (nSPS) is 11.3. The maximum Gasteiger partial charge on any atom is 0.241 e. The van der Waals surface area contributed by atoms with Gasteiger partial charge < -0.3 is 9.63 Å². The zero-order chi connectivity index (χ0) is 12.8. The highest BCUT2D eigenvalue weighted by Gasteiger charge is 2.12. The first-order valence-electron chi connectivity index (χ1n) is 6.02. The number of aliphatic hydroxyl groups excluding tert-OH is 1. The van der Waals surface area contributed by atoms with Crippen molar-refractivity contribution in [1.82, 2.24) is 15.0 Å². The van der Waals surface area contributed by atoms with Gasteiger partial charge in [-0.2, -0.15) is 16.3 Å². The third-order valence-corrected chi connectivity index (χ3v) is 3.25. The van der Waals surface area contributed by atoms with Crippen LogP contribution >= 0.6 is 11.3 Å². The molecule has 0 spiro atoms. The van der Waals surface area contributed by atoms with Crippen LogP contribution in [0.25, 0.3) is 11.4 Å². The molecule has 0 aliphatic rings. The van der Waals surface area contributed by atoms with Crippen molar-refractivity contribution in [2.45, 2.75) is 19.9 Å². The zero-order valence-corrected chi connectivity index (χ0v) is 11.2. The average molecular weight is 267 g/mol. The summed E-state index contributed by atoms with van der Waals surface area (Å²) in [4.78, 5) is 6.46. The van der Waals surface area contributed by atoms with Crippen LogP contribution < -0.4 is 0 Å². The summed E-state index contributed by atoms with van der Waals surface area (Å²) in [6.07, 6.45) is 1.03. The summed E-state index contributed by atoms with van der Waals surface area (Å²) in [6, 6.07) is 1.97. The van der Waals surface area contributed by atoms with Crippen molar-refractivity contribution in [2.24, 2.45) is 0 Å². The lowest BCUT2D eigenvalue weighted by Gasteiger charge is -2.17. The average Bonchev–Trinajstić information content (AvgIpc) is 2.98. The van der Waals surface area contributed by atoms with Crippen LogP contribution in [0.15, 0.2) is 21.3 Å². The molecule has 2 rings (SSSR count). The van der Waals surface area contributed by atoms with Gasteiger partial charge in [-0.3, -0.25) is 4.90 Å². The largest absolute Gasteiger partial charge is 0.395 e. The smallest absolute Gasteiger partial charge is 0.241 e. The minimum atomic E-state index is 0.144. The Kier molecular flexibility index (Phi) is 4.86. The van der Waals surface area contributed by atoms with E-state index in [0.717, 1.165) is 18.5 Å². The lowest BCUT2D eigenvalue weighted by molar-refractivity contribution is 0.174. The molecule has 0 saturated heterocycles. The first-order valence-corrected chi connectivity index (χ1v) is 6.96. The lowest BCUT2D eigenvalue weighted by atomic mass is 10.3. The van der Waals surface area contributed by atoms with E-state index in [9.17, 15) is 0 Å². The molecule has 0 aromatic carbocycles. The summed E-state index contributed by atoms with van der Waals surface area (Å²) in [7, 11) is 0. The number of thiophene rings is 1. The molecular weight excluding hydrogens is 250 g/mol. The zero-order valence-electron chi connectivity index (χ0n) is 10.4. The summed E-state index contributed by atoms with van der Waals surface area (Å²) < 4.78 is 5.23. The van der Waals surface area contributed by atoms with Crippen molar-refractivity contribution in [2.75, 3.05) is 19.7 Å². The summed E-state index contributed by atoms with van der Waals surface area (Å²) in [5, 5.41) is 16.9. The van der Waals surface area contributed by atoms with Gasteiger partial charge in [-0.15, -0.1) is 0 Å². The maximum atomic E-state index is 8.99. The standard InChI is InChI=1S/C12H17N3O2S/c1-2-4-15(5-6-16)8-11-13-12(14-17-11)10-3-7-18-9-10/h3,7,9,16H,2,4-6,8H2,1H3. The molecule has 5 nitrogen and oxygen atoms in total. The Labute approximate surface area is 110 Å². The fourth-order valence-electron chi connectivity index (χ4n) is 1.75. The summed E-state index contributed by atoms with van der Waals surface area (Å²) in [5.41, 5.74) is 0.985. The molecule has 0 fully saturated rings. The van der Waals surface area contributed by atoms with E-state index >= 15 is 0 Å². The quantitative estimate of drug-likeness (QED) is 0.831. The predicted molar refractivity (Wildman–Crippen MR) is 70.3 cm³/mol. The second kappa shape index (κ2) is 6.63. The highest BCUT2D eigenvalue weighted by Crippen LogP contribution is 2.19. The van der Waals surface area contributed by atoms with Crippen molar-refractivity contribution in [1.29, 1.82) is 0 Å². The number of aliphatic hydroxyl groups is 1. The number of aromatic nitrogens is 2. The van der Waals surface area contributed by atoms with Crippen LogP contribution in [0.3, 0.4) is 0 Å². The molecule has 2 aromatic heterocycles. The molecule has 0 aliphatic carbocycles. The van der Waals surface area contributed by atoms with Crippen molar-refractivity contribution >= 4 is 11.3 Å². The topological polar surface area (TPSA) is 62.4 Å². The Morgan fingerprint density at radius 3 is 3.00 bits per heavy atom. The number of hydrogen-bond donors (Lipinski definition) is 1. The van der Waals surface area contributed by atoms with Crippen LogP contribution in [0, 0.1) is 0 Å². The third kappa shape index (κ3) is 3.38. The maximum absolute atomic E-state index is 8.99. The van der Waals surface area contributed by atoms with Crippen LogP contribution in [0.5, 0.6) is 0 Å². The van der Waals surface area contributed by atoms with Crippen LogP contribution in [0.4, 0.5) is 0 Å². The van der Waals surface area contributed by atoms with E-state index in [1.54, 1.807) is 11.3 Å². The van der Waals surface area contributed by atoms with Crippen LogP contribution in [0.1, 0.15) is 19.2 Å². The number of hydrogen-bond acceptors (Lipinski definition) is 6. The predicted octanol–water partition coefficient (Wildman–Crippen LogP) is 2.00. The van der Waals surface area contributed by atoms with E-state index in [2.05, 4.69) is 22.0 Å². The Hall–Kier alpha value is -1.24. The molecule has 98 valence electrons. The fraction of sp³-hybridized carbons (Fsp3) is 0.500. The van der Waals surface area contributed by atoms with Crippen LogP contribution in [-0.2, 0) is 6.54 Å². The molecule has 0 amide bonds. The van der Waals surface area contributed by atoms with Gasteiger partial charge in [0.1, 0.15) is 0 Å². The molecule has 0 radical (unpaired) electrons. The molecule has 0 bridgehead atoms. The molecule has 2 heterocycles. The third-order valence-electron chi connectivity index (χ3n) is 2.56. The van der Waals surface area contributed by atoms with Gasteiger partial charge in [-0.1, -0.05) is 12.1 Å².